The number of carbonyl (C=O) groups excluding carboxylic acids is 1. The van der Waals surface area contributed by atoms with Crippen molar-refractivity contribution in [1.29, 1.82) is 0 Å². The van der Waals surface area contributed by atoms with Gasteiger partial charge in [-0.25, -0.2) is 9.99 Å². The van der Waals surface area contributed by atoms with Crippen molar-refractivity contribution >= 4 is 41.1 Å². The first-order valence-electron chi connectivity index (χ1n) is 10.1. The molecule has 1 unspecified atom stereocenters. The number of alkyl halides is 3. The number of rotatable bonds is 6. The standard InChI is InChI=1S/C23H17Cl2F3N4O2/c24-16-11-19(25)21(29-13-16)32-20(9-10-31-32)22(33)30-12-14-1-5-17(6-2-14)34-18-7-3-15(4-8-18)23(26,27)28/h1-8,10-11,13,20H,9,12H2,(H,30,33). The average molecular weight is 509 g/mol. The largest absolute Gasteiger partial charge is 0.457 e. The number of ether oxygens (including phenoxy) is 1. The van der Waals surface area contributed by atoms with Crippen molar-refractivity contribution in [3.05, 3.63) is 82.0 Å². The molecule has 2 aromatic carbocycles. The molecule has 0 saturated carbocycles. The van der Waals surface area contributed by atoms with Gasteiger partial charge in [0.25, 0.3) is 0 Å². The van der Waals surface area contributed by atoms with Gasteiger partial charge in [0.2, 0.25) is 5.91 Å². The van der Waals surface area contributed by atoms with Gasteiger partial charge in [0.05, 0.1) is 15.6 Å². The second-order valence-corrected chi connectivity index (χ2v) is 8.18. The fourth-order valence-corrected chi connectivity index (χ4v) is 3.71. The first-order valence-corrected chi connectivity index (χ1v) is 10.8. The quantitative estimate of drug-likeness (QED) is 0.438. The second-order valence-electron chi connectivity index (χ2n) is 7.34. The number of pyridine rings is 1. The van der Waals surface area contributed by atoms with E-state index in [1.165, 1.54) is 29.4 Å². The summed E-state index contributed by atoms with van der Waals surface area (Å²) in [5, 5.41) is 9.18. The number of halogens is 5. The Hall–Kier alpha value is -3.30. The maximum absolute atomic E-state index is 12.8. The van der Waals surface area contributed by atoms with E-state index in [2.05, 4.69) is 15.4 Å². The van der Waals surface area contributed by atoms with E-state index in [4.69, 9.17) is 27.9 Å². The van der Waals surface area contributed by atoms with Gasteiger partial charge in [-0.15, -0.1) is 0 Å². The molecule has 6 nitrogen and oxygen atoms in total. The van der Waals surface area contributed by atoms with Crippen molar-refractivity contribution in [2.24, 2.45) is 5.10 Å². The van der Waals surface area contributed by atoms with E-state index in [1.54, 1.807) is 30.5 Å². The van der Waals surface area contributed by atoms with Crippen LogP contribution in [0.25, 0.3) is 0 Å². The van der Waals surface area contributed by atoms with Gasteiger partial charge >= 0.3 is 6.18 Å². The lowest BCUT2D eigenvalue weighted by Crippen LogP contribution is -2.42. The Morgan fingerprint density at radius 2 is 1.74 bits per heavy atom. The van der Waals surface area contributed by atoms with Crippen LogP contribution in [0.1, 0.15) is 17.5 Å². The minimum Gasteiger partial charge on any atom is -0.457 e. The third kappa shape index (κ3) is 5.60. The maximum atomic E-state index is 12.8. The van der Waals surface area contributed by atoms with Crippen LogP contribution in [0, 0.1) is 0 Å². The van der Waals surface area contributed by atoms with Gasteiger partial charge in [-0.05, 0) is 48.0 Å². The minimum absolute atomic E-state index is 0.254. The van der Waals surface area contributed by atoms with Gasteiger partial charge in [0.1, 0.15) is 17.5 Å². The summed E-state index contributed by atoms with van der Waals surface area (Å²) in [6, 6.07) is 12.2. The summed E-state index contributed by atoms with van der Waals surface area (Å²) < 4.78 is 43.6. The van der Waals surface area contributed by atoms with Crippen molar-refractivity contribution < 1.29 is 22.7 Å². The van der Waals surface area contributed by atoms with Crippen LogP contribution in [0.5, 0.6) is 11.5 Å². The Morgan fingerprint density at radius 3 is 2.35 bits per heavy atom. The first kappa shape index (κ1) is 23.8. The molecule has 1 aromatic heterocycles. The Kier molecular flexibility index (Phi) is 6.95. The molecule has 2 heterocycles. The molecule has 34 heavy (non-hydrogen) atoms. The maximum Gasteiger partial charge on any atom is 0.416 e. The highest BCUT2D eigenvalue weighted by Crippen LogP contribution is 2.32. The zero-order valence-corrected chi connectivity index (χ0v) is 18.9. The van der Waals surface area contributed by atoms with Gasteiger partial charge in [-0.2, -0.15) is 18.3 Å². The monoisotopic (exact) mass is 508 g/mol. The Morgan fingerprint density at radius 1 is 1.09 bits per heavy atom. The molecule has 0 aliphatic carbocycles. The summed E-state index contributed by atoms with van der Waals surface area (Å²) in [5.74, 6) is 0.818. The zero-order chi connectivity index (χ0) is 24.3. The van der Waals surface area contributed by atoms with Gasteiger partial charge in [0, 0.05) is 25.4 Å². The summed E-state index contributed by atoms with van der Waals surface area (Å²) in [5.41, 5.74) is 0.0625. The Labute approximate surface area is 203 Å². The number of carbonyl (C=O) groups is 1. The lowest BCUT2D eigenvalue weighted by Gasteiger charge is -2.22. The van der Waals surface area contributed by atoms with Crippen LogP contribution in [0.15, 0.2) is 65.9 Å². The molecule has 1 N–H and O–H groups in total. The average Bonchev–Trinajstić information content (AvgIpc) is 3.28. The van der Waals surface area contributed by atoms with E-state index >= 15 is 0 Å². The van der Waals surface area contributed by atoms with E-state index < -0.39 is 17.8 Å². The highest BCUT2D eigenvalue weighted by atomic mass is 35.5. The molecule has 1 atom stereocenters. The highest BCUT2D eigenvalue weighted by molar-refractivity contribution is 6.36. The SMILES string of the molecule is O=C(NCc1ccc(Oc2ccc(C(F)(F)F)cc2)cc1)C1CC=NN1c1ncc(Cl)cc1Cl. The molecule has 0 bridgehead atoms. The van der Waals surface area contributed by atoms with Gasteiger partial charge in [0.15, 0.2) is 5.82 Å². The van der Waals surface area contributed by atoms with Crippen molar-refractivity contribution in [2.45, 2.75) is 25.2 Å². The van der Waals surface area contributed by atoms with Crippen LogP contribution >= 0.6 is 23.2 Å². The van der Waals surface area contributed by atoms with E-state index in [1.807, 2.05) is 0 Å². The molecule has 0 fully saturated rings. The summed E-state index contributed by atoms with van der Waals surface area (Å²) in [4.78, 5) is 16.9. The van der Waals surface area contributed by atoms with E-state index in [0.29, 0.717) is 23.0 Å². The second kappa shape index (κ2) is 9.90. The van der Waals surface area contributed by atoms with Crippen LogP contribution in [-0.4, -0.2) is 23.1 Å². The van der Waals surface area contributed by atoms with Crippen LogP contribution < -0.4 is 15.1 Å². The van der Waals surface area contributed by atoms with Gasteiger partial charge in [-0.1, -0.05) is 35.3 Å². The van der Waals surface area contributed by atoms with E-state index in [0.717, 1.165) is 17.7 Å². The number of hydrazone groups is 1. The summed E-state index contributed by atoms with van der Waals surface area (Å²) in [6.07, 6.45) is -0.958. The van der Waals surface area contributed by atoms with Crippen LogP contribution in [0.3, 0.4) is 0 Å². The van der Waals surface area contributed by atoms with Crippen LogP contribution in [-0.2, 0) is 17.5 Å². The molecule has 1 aliphatic rings. The molecule has 176 valence electrons. The number of amides is 1. The number of nitrogens with one attached hydrogen (secondary N) is 1. The van der Waals surface area contributed by atoms with Crippen molar-refractivity contribution in [1.82, 2.24) is 10.3 Å². The molecule has 11 heteroatoms. The van der Waals surface area contributed by atoms with Crippen molar-refractivity contribution in [2.75, 3.05) is 5.01 Å². The van der Waals surface area contributed by atoms with Crippen molar-refractivity contribution in [3.8, 4) is 11.5 Å². The van der Waals surface area contributed by atoms with Gasteiger partial charge in [-0.3, -0.25) is 4.79 Å². The third-order valence-corrected chi connectivity index (χ3v) is 5.43. The lowest BCUT2D eigenvalue weighted by molar-refractivity contribution is -0.137. The van der Waals surface area contributed by atoms with Crippen LogP contribution in [0.2, 0.25) is 10.0 Å². The summed E-state index contributed by atoms with van der Waals surface area (Å²) in [6.45, 7) is 0.255. The summed E-state index contributed by atoms with van der Waals surface area (Å²) >= 11 is 12.1. The molecule has 3 aromatic rings. The fourth-order valence-electron chi connectivity index (χ4n) is 3.24. The molecule has 1 amide bonds. The molecular formula is C23H17Cl2F3N4O2. The molecular weight excluding hydrogens is 492 g/mol. The smallest absolute Gasteiger partial charge is 0.416 e. The third-order valence-electron chi connectivity index (χ3n) is 4.95. The number of anilines is 1. The number of nitrogens with zero attached hydrogens (tertiary/aromatic N) is 3. The molecule has 4 rings (SSSR count). The Balaban J connectivity index is 1.33. The van der Waals surface area contributed by atoms with E-state index in [9.17, 15) is 18.0 Å². The minimum atomic E-state index is -4.40. The van der Waals surface area contributed by atoms with Crippen molar-refractivity contribution in [3.63, 3.8) is 0 Å². The lowest BCUT2D eigenvalue weighted by atomic mass is 10.1. The predicted molar refractivity (Wildman–Crippen MR) is 123 cm³/mol. The number of hydrogen-bond donors (Lipinski definition) is 1. The zero-order valence-electron chi connectivity index (χ0n) is 17.4. The number of aromatic nitrogens is 1. The van der Waals surface area contributed by atoms with Crippen LogP contribution in [0.4, 0.5) is 19.0 Å². The highest BCUT2D eigenvalue weighted by Gasteiger charge is 2.31. The molecule has 0 saturated heterocycles. The normalized spacial score (nSPS) is 15.4. The Bertz CT molecular complexity index is 1200. The molecule has 0 radical (unpaired) electrons. The van der Waals surface area contributed by atoms with Gasteiger partial charge < -0.3 is 10.1 Å². The topological polar surface area (TPSA) is 66.8 Å². The molecule has 0 spiro atoms. The van der Waals surface area contributed by atoms with E-state index in [-0.39, 0.29) is 23.2 Å². The summed E-state index contributed by atoms with van der Waals surface area (Å²) in [7, 11) is 0. The molecule has 1 aliphatic heterocycles. The fraction of sp³-hybridized carbons (Fsp3) is 0.174. The number of hydrogen-bond acceptors (Lipinski definition) is 5. The number of benzene rings is 2. The predicted octanol–water partition coefficient (Wildman–Crippen LogP) is 6.08. The first-order chi connectivity index (χ1) is 16.2.